The zero-order chi connectivity index (χ0) is 30.2. The summed E-state index contributed by atoms with van der Waals surface area (Å²) in [6.45, 7) is 6.05. The molecular formula is C30H30N4O8. The summed E-state index contributed by atoms with van der Waals surface area (Å²) in [6, 6.07) is -0.167. The van der Waals surface area contributed by atoms with Gasteiger partial charge in [0.1, 0.15) is 11.8 Å². The predicted molar refractivity (Wildman–Crippen MR) is 146 cm³/mol. The van der Waals surface area contributed by atoms with E-state index in [1.54, 1.807) is 19.9 Å². The highest BCUT2D eigenvalue weighted by Gasteiger charge is 2.56. The van der Waals surface area contributed by atoms with Gasteiger partial charge in [0.2, 0.25) is 18.5 Å². The van der Waals surface area contributed by atoms with Gasteiger partial charge in [-0.3, -0.25) is 24.1 Å². The van der Waals surface area contributed by atoms with Gasteiger partial charge in [0.05, 0.1) is 25.3 Å². The largest absolute Gasteiger partial charge is 0.492 e. The number of likely N-dealkylation sites (N-methyl/N-ethyl adjacent to an activating group) is 1. The smallest absolute Gasteiger partial charge is 0.308 e. The Kier molecular flexibility index (Phi) is 6.38. The van der Waals surface area contributed by atoms with Crippen molar-refractivity contribution in [1.29, 1.82) is 5.26 Å². The fraction of sp³-hybridized carbons (Fsp3) is 0.433. The highest BCUT2D eigenvalue weighted by atomic mass is 16.7. The molecule has 1 aromatic rings. The first-order valence-electron chi connectivity index (χ1n) is 13.6. The van der Waals surface area contributed by atoms with Crippen LogP contribution in [0.3, 0.4) is 0 Å². The number of rotatable bonds is 4. The number of nitrogens with zero attached hydrogens (tertiary/aromatic N) is 3. The Balaban J connectivity index is 1.66. The number of ether oxygens (including phenoxy) is 4. The van der Waals surface area contributed by atoms with E-state index in [-0.39, 0.29) is 54.3 Å². The lowest BCUT2D eigenvalue weighted by atomic mass is 9.71. The van der Waals surface area contributed by atoms with E-state index in [4.69, 9.17) is 18.9 Å². The predicted octanol–water partition coefficient (Wildman–Crippen LogP) is 1.83. The molecule has 12 nitrogen and oxygen atoms in total. The van der Waals surface area contributed by atoms with Crippen LogP contribution in [-0.4, -0.2) is 78.9 Å². The summed E-state index contributed by atoms with van der Waals surface area (Å²) in [6.07, 6.45) is 1.98. The van der Waals surface area contributed by atoms with Crippen molar-refractivity contribution in [3.8, 4) is 23.3 Å². The van der Waals surface area contributed by atoms with Gasteiger partial charge in [0.15, 0.2) is 23.0 Å². The molecule has 5 aliphatic rings. The van der Waals surface area contributed by atoms with Crippen LogP contribution < -0.4 is 19.5 Å². The monoisotopic (exact) mass is 574 g/mol. The van der Waals surface area contributed by atoms with E-state index in [0.29, 0.717) is 45.0 Å². The number of nitrogens with one attached hydrogen (secondary N) is 1. The number of amides is 1. The average molecular weight is 575 g/mol. The first-order chi connectivity index (χ1) is 20.0. The fourth-order valence-electron chi connectivity index (χ4n) is 7.00. The molecule has 0 spiro atoms. The number of fused-ring (bicyclic) bond motifs is 8. The molecular weight excluding hydrogens is 544 g/mol. The maximum Gasteiger partial charge on any atom is 0.308 e. The molecule has 4 atom stereocenters. The summed E-state index contributed by atoms with van der Waals surface area (Å²) in [5, 5.41) is 13.5. The number of nitriles is 1. The molecule has 0 aromatic heterocycles. The molecule has 1 N–H and O–H groups in total. The third-order valence-corrected chi connectivity index (χ3v) is 8.75. The summed E-state index contributed by atoms with van der Waals surface area (Å²) < 4.78 is 22.9. The van der Waals surface area contributed by atoms with Crippen LogP contribution in [0.1, 0.15) is 49.9 Å². The van der Waals surface area contributed by atoms with Crippen molar-refractivity contribution >= 4 is 29.5 Å². The van der Waals surface area contributed by atoms with E-state index in [1.807, 2.05) is 16.8 Å². The molecule has 1 amide bonds. The third kappa shape index (κ3) is 3.69. The van der Waals surface area contributed by atoms with Crippen LogP contribution >= 0.6 is 0 Å². The van der Waals surface area contributed by atoms with E-state index in [0.717, 1.165) is 0 Å². The molecule has 12 heteroatoms. The van der Waals surface area contributed by atoms with Gasteiger partial charge < -0.3 is 29.2 Å². The van der Waals surface area contributed by atoms with E-state index in [2.05, 4.69) is 11.4 Å². The second kappa shape index (κ2) is 9.73. The van der Waals surface area contributed by atoms with Crippen molar-refractivity contribution in [2.75, 3.05) is 27.5 Å². The molecule has 0 radical (unpaired) electrons. The minimum absolute atomic E-state index is 0.00835. The van der Waals surface area contributed by atoms with Crippen LogP contribution in [0.4, 0.5) is 0 Å². The van der Waals surface area contributed by atoms with Gasteiger partial charge in [-0.1, -0.05) is 0 Å². The van der Waals surface area contributed by atoms with Crippen LogP contribution in [0, 0.1) is 18.3 Å². The van der Waals surface area contributed by atoms with Crippen LogP contribution in [0.25, 0.3) is 6.08 Å². The number of hydrogen-bond donors (Lipinski definition) is 1. The third-order valence-electron chi connectivity index (χ3n) is 8.75. The molecule has 218 valence electrons. The van der Waals surface area contributed by atoms with Crippen molar-refractivity contribution in [3.05, 3.63) is 44.9 Å². The first-order valence-corrected chi connectivity index (χ1v) is 13.6. The van der Waals surface area contributed by atoms with Gasteiger partial charge in [0, 0.05) is 65.5 Å². The average Bonchev–Trinajstić information content (AvgIpc) is 3.43. The molecule has 0 saturated carbocycles. The number of methoxy groups -OCH3 is 1. The molecule has 1 saturated heterocycles. The van der Waals surface area contributed by atoms with Gasteiger partial charge in [0.25, 0.3) is 0 Å². The zero-order valence-corrected chi connectivity index (χ0v) is 24.1. The van der Waals surface area contributed by atoms with Gasteiger partial charge >= 0.3 is 5.97 Å². The number of piperazine rings is 1. The second-order valence-corrected chi connectivity index (χ2v) is 11.0. The molecule has 2 bridgehead atoms. The minimum atomic E-state index is -0.772. The van der Waals surface area contributed by atoms with E-state index >= 15 is 0 Å². The fourth-order valence-corrected chi connectivity index (χ4v) is 7.00. The van der Waals surface area contributed by atoms with E-state index < -0.39 is 30.1 Å². The summed E-state index contributed by atoms with van der Waals surface area (Å²) in [7, 11) is 3.19. The maximum absolute atomic E-state index is 13.9. The molecule has 1 aliphatic carbocycles. The molecule has 4 heterocycles. The minimum Gasteiger partial charge on any atom is -0.492 e. The summed E-state index contributed by atoms with van der Waals surface area (Å²) >= 11 is 0. The van der Waals surface area contributed by atoms with Crippen LogP contribution in [0.2, 0.25) is 0 Å². The standard InChI is InChI=1S/C30H30N4O8/c1-12-25(37)16-7-18-20(9-31)34-19(24(33(18)5)23(16)26(38)28(12)39-6)8-17-22(21(34)10-32-14(3)35)30-29(40-11-41-30)13(2)27(17)42-15(4)36/h8,18,20-21,24H,7,10-11H2,1-6H3,(H,32,35)/t18-,20-,21-,24+/m0/s1. The van der Waals surface area contributed by atoms with Crippen LogP contribution in [-0.2, 0) is 23.9 Å². The highest BCUT2D eigenvalue weighted by molar-refractivity contribution is 6.25. The molecule has 0 unspecified atom stereocenters. The summed E-state index contributed by atoms with van der Waals surface area (Å²) in [5.74, 6) is -0.385. The Morgan fingerprint density at radius 1 is 1.17 bits per heavy atom. The van der Waals surface area contributed by atoms with Gasteiger partial charge in [-0.15, -0.1) is 0 Å². The number of esters is 1. The van der Waals surface area contributed by atoms with Crippen molar-refractivity contribution in [2.45, 2.75) is 58.3 Å². The lowest BCUT2D eigenvalue weighted by molar-refractivity contribution is -0.132. The highest BCUT2D eigenvalue weighted by Crippen LogP contribution is 2.56. The molecule has 4 aliphatic heterocycles. The van der Waals surface area contributed by atoms with E-state index in [1.165, 1.54) is 21.0 Å². The topological polar surface area (TPSA) is 148 Å². The number of carbonyl (C=O) groups is 4. The molecule has 1 aromatic carbocycles. The van der Waals surface area contributed by atoms with Gasteiger partial charge in [-0.2, -0.15) is 5.26 Å². The molecule has 42 heavy (non-hydrogen) atoms. The zero-order valence-electron chi connectivity index (χ0n) is 24.1. The Morgan fingerprint density at radius 3 is 2.52 bits per heavy atom. The van der Waals surface area contributed by atoms with Crippen molar-refractivity contribution in [1.82, 2.24) is 15.1 Å². The van der Waals surface area contributed by atoms with Crippen LogP contribution in [0.15, 0.2) is 28.2 Å². The van der Waals surface area contributed by atoms with Crippen molar-refractivity contribution in [2.24, 2.45) is 0 Å². The van der Waals surface area contributed by atoms with Gasteiger partial charge in [-0.25, -0.2) is 0 Å². The van der Waals surface area contributed by atoms with Crippen molar-refractivity contribution in [3.63, 3.8) is 0 Å². The number of ketones is 2. The van der Waals surface area contributed by atoms with Crippen molar-refractivity contribution < 1.29 is 38.1 Å². The SMILES string of the molecule is COC1=C(C)C(=O)C2=C(C1=O)[C@H]1C3=Cc4c(OC(C)=O)c(C)c5c(c4[C@H](CNC(C)=O)N3[C@@H](C#N)[C@H](C2)N1C)OCO5. The Hall–Kier alpha value is -4.63. The number of benzene rings is 1. The molecule has 1 fully saturated rings. The summed E-state index contributed by atoms with van der Waals surface area (Å²) in [5.41, 5.74) is 3.11. The first kappa shape index (κ1) is 27.5. The Morgan fingerprint density at radius 2 is 1.88 bits per heavy atom. The number of allylic oxidation sites excluding steroid dienone is 2. The lowest BCUT2D eigenvalue weighted by Crippen LogP contribution is -2.66. The number of hydrogen-bond acceptors (Lipinski definition) is 11. The quantitative estimate of drug-likeness (QED) is 0.319. The summed E-state index contributed by atoms with van der Waals surface area (Å²) in [4.78, 5) is 55.7. The second-order valence-electron chi connectivity index (χ2n) is 11.0. The Bertz CT molecular complexity index is 1630. The van der Waals surface area contributed by atoms with E-state index in [9.17, 15) is 24.4 Å². The Labute approximate surface area is 242 Å². The van der Waals surface area contributed by atoms with Crippen LogP contribution in [0.5, 0.6) is 17.2 Å². The number of carbonyl (C=O) groups excluding carboxylic acids is 4. The normalized spacial score (nSPS) is 25.7. The lowest BCUT2D eigenvalue weighted by Gasteiger charge is -2.57. The maximum atomic E-state index is 13.9. The van der Waals surface area contributed by atoms with Gasteiger partial charge in [-0.05, 0) is 33.4 Å². The number of Topliss-reactive ketones (excluding diaryl/α,β-unsaturated/α-hetero) is 2. The molecule has 6 rings (SSSR count).